The van der Waals surface area contributed by atoms with Crippen LogP contribution < -0.4 is 9.47 Å². The molecule has 0 bridgehead atoms. The summed E-state index contributed by atoms with van der Waals surface area (Å²) in [6.45, 7) is 6.48. The van der Waals surface area contributed by atoms with Gasteiger partial charge in [-0.1, -0.05) is 30.3 Å². The first-order chi connectivity index (χ1) is 12.7. The highest BCUT2D eigenvalue weighted by molar-refractivity contribution is 5.36. The molecule has 1 aliphatic rings. The lowest BCUT2D eigenvalue weighted by atomic mass is 9.93. The van der Waals surface area contributed by atoms with Gasteiger partial charge in [-0.05, 0) is 80.9 Å². The van der Waals surface area contributed by atoms with Gasteiger partial charge in [0.1, 0.15) is 11.5 Å². The molecule has 0 radical (unpaired) electrons. The lowest BCUT2D eigenvalue weighted by molar-refractivity contribution is 0.164. The van der Waals surface area contributed by atoms with E-state index in [9.17, 15) is 0 Å². The Morgan fingerprint density at radius 3 is 2.54 bits per heavy atom. The van der Waals surface area contributed by atoms with E-state index in [1.165, 1.54) is 37.1 Å². The fourth-order valence-corrected chi connectivity index (χ4v) is 3.67. The average Bonchev–Trinajstić information content (AvgIpc) is 2.69. The third-order valence-corrected chi connectivity index (χ3v) is 5.43. The predicted octanol–water partition coefficient (Wildman–Crippen LogP) is 4.73. The summed E-state index contributed by atoms with van der Waals surface area (Å²) < 4.78 is 11.3. The number of rotatable bonds is 8. The first kappa shape index (κ1) is 18.8. The van der Waals surface area contributed by atoms with Gasteiger partial charge in [0.2, 0.25) is 0 Å². The average molecular weight is 354 g/mol. The number of aryl methyl sites for hydroxylation is 1. The summed E-state index contributed by atoms with van der Waals surface area (Å²) in [6.07, 6.45) is 4.83. The lowest BCUT2D eigenvalue weighted by Gasteiger charge is -2.32. The van der Waals surface area contributed by atoms with E-state index in [-0.39, 0.29) is 0 Å². The molecule has 3 rings (SSSR count). The van der Waals surface area contributed by atoms with Crippen LogP contribution in [0.2, 0.25) is 0 Å². The third-order valence-electron chi connectivity index (χ3n) is 5.43. The SMILES string of the molecule is COc1cc(CCN2CCC(CCOc3ccccc3)CC2)ccc1C. The summed E-state index contributed by atoms with van der Waals surface area (Å²) >= 11 is 0. The Labute approximate surface area is 157 Å². The molecule has 0 aliphatic carbocycles. The van der Waals surface area contributed by atoms with Gasteiger partial charge in [-0.25, -0.2) is 0 Å². The van der Waals surface area contributed by atoms with Crippen molar-refractivity contribution in [3.63, 3.8) is 0 Å². The molecule has 26 heavy (non-hydrogen) atoms. The molecule has 0 unspecified atom stereocenters. The standard InChI is InChI=1S/C23H31NO2/c1-19-8-9-21(18-23(19)25-2)12-16-24-14-10-20(11-15-24)13-17-26-22-6-4-3-5-7-22/h3-9,18,20H,10-17H2,1-2H3. The normalized spacial score (nSPS) is 15.8. The predicted molar refractivity (Wildman–Crippen MR) is 107 cm³/mol. The third kappa shape index (κ3) is 5.50. The van der Waals surface area contributed by atoms with E-state index in [1.54, 1.807) is 7.11 Å². The van der Waals surface area contributed by atoms with Crippen molar-refractivity contribution in [1.82, 2.24) is 4.90 Å². The summed E-state index contributed by atoms with van der Waals surface area (Å²) in [5.74, 6) is 2.78. The van der Waals surface area contributed by atoms with Crippen molar-refractivity contribution in [3.05, 3.63) is 59.7 Å². The lowest BCUT2D eigenvalue weighted by Crippen LogP contribution is -2.35. The van der Waals surface area contributed by atoms with E-state index < -0.39 is 0 Å². The number of likely N-dealkylation sites (tertiary alicyclic amines) is 1. The van der Waals surface area contributed by atoms with Crippen LogP contribution >= 0.6 is 0 Å². The molecule has 0 atom stereocenters. The van der Waals surface area contributed by atoms with Gasteiger partial charge >= 0.3 is 0 Å². The van der Waals surface area contributed by atoms with Gasteiger partial charge in [0.25, 0.3) is 0 Å². The molecule has 140 valence electrons. The molecule has 1 fully saturated rings. The number of para-hydroxylation sites is 1. The topological polar surface area (TPSA) is 21.7 Å². The zero-order valence-corrected chi connectivity index (χ0v) is 16.1. The molecule has 0 N–H and O–H groups in total. The summed E-state index contributed by atoms with van der Waals surface area (Å²) in [6, 6.07) is 16.7. The molecular weight excluding hydrogens is 322 g/mol. The Morgan fingerprint density at radius 2 is 1.81 bits per heavy atom. The second-order valence-electron chi connectivity index (χ2n) is 7.29. The van der Waals surface area contributed by atoms with E-state index in [1.807, 2.05) is 30.3 Å². The number of hydrogen-bond donors (Lipinski definition) is 0. The van der Waals surface area contributed by atoms with Gasteiger partial charge < -0.3 is 14.4 Å². The first-order valence-corrected chi connectivity index (χ1v) is 9.78. The molecule has 0 amide bonds. The van der Waals surface area contributed by atoms with Crippen LogP contribution in [-0.2, 0) is 6.42 Å². The maximum absolute atomic E-state index is 5.85. The van der Waals surface area contributed by atoms with Crippen LogP contribution in [0.5, 0.6) is 11.5 Å². The van der Waals surface area contributed by atoms with Gasteiger partial charge in [0.05, 0.1) is 13.7 Å². The van der Waals surface area contributed by atoms with Crippen LogP contribution in [0, 0.1) is 12.8 Å². The highest BCUT2D eigenvalue weighted by Crippen LogP contribution is 2.23. The molecule has 1 aliphatic heterocycles. The van der Waals surface area contributed by atoms with E-state index >= 15 is 0 Å². The van der Waals surface area contributed by atoms with Gasteiger partial charge in [-0.2, -0.15) is 0 Å². The Bertz CT molecular complexity index is 663. The number of ether oxygens (including phenoxy) is 2. The molecule has 2 aromatic carbocycles. The minimum absolute atomic E-state index is 0.800. The van der Waals surface area contributed by atoms with Crippen LogP contribution in [0.3, 0.4) is 0 Å². The van der Waals surface area contributed by atoms with Crippen molar-refractivity contribution >= 4 is 0 Å². The highest BCUT2D eigenvalue weighted by Gasteiger charge is 2.19. The molecule has 3 heteroatoms. The number of methoxy groups -OCH3 is 1. The largest absolute Gasteiger partial charge is 0.496 e. The van der Waals surface area contributed by atoms with E-state index in [4.69, 9.17) is 9.47 Å². The van der Waals surface area contributed by atoms with Gasteiger partial charge in [0.15, 0.2) is 0 Å². The van der Waals surface area contributed by atoms with Gasteiger partial charge in [-0.3, -0.25) is 0 Å². The molecule has 1 heterocycles. The van der Waals surface area contributed by atoms with Crippen molar-refractivity contribution < 1.29 is 9.47 Å². The van der Waals surface area contributed by atoms with Crippen LogP contribution in [0.1, 0.15) is 30.4 Å². The monoisotopic (exact) mass is 353 g/mol. The van der Waals surface area contributed by atoms with Gasteiger partial charge in [-0.15, -0.1) is 0 Å². The van der Waals surface area contributed by atoms with Crippen LogP contribution in [0.15, 0.2) is 48.5 Å². The summed E-state index contributed by atoms with van der Waals surface area (Å²) in [5.41, 5.74) is 2.57. The Morgan fingerprint density at radius 1 is 1.04 bits per heavy atom. The fourth-order valence-electron chi connectivity index (χ4n) is 3.67. The molecule has 0 aromatic heterocycles. The van der Waals surface area contributed by atoms with Crippen molar-refractivity contribution in [2.75, 3.05) is 33.4 Å². The van der Waals surface area contributed by atoms with Crippen LogP contribution in [-0.4, -0.2) is 38.3 Å². The smallest absolute Gasteiger partial charge is 0.122 e. The summed E-state index contributed by atoms with van der Waals surface area (Å²) in [5, 5.41) is 0. The molecule has 0 spiro atoms. The molecule has 1 saturated heterocycles. The Kier molecular flexibility index (Phi) is 6.96. The zero-order chi connectivity index (χ0) is 18.2. The van der Waals surface area contributed by atoms with Crippen molar-refractivity contribution in [2.45, 2.75) is 32.6 Å². The number of piperidine rings is 1. The molecule has 3 nitrogen and oxygen atoms in total. The Balaban J connectivity index is 1.35. The van der Waals surface area contributed by atoms with Crippen molar-refractivity contribution in [3.8, 4) is 11.5 Å². The second-order valence-corrected chi connectivity index (χ2v) is 7.29. The van der Waals surface area contributed by atoms with E-state index in [2.05, 4.69) is 30.0 Å². The maximum atomic E-state index is 5.85. The quantitative estimate of drug-likeness (QED) is 0.685. The van der Waals surface area contributed by atoms with Crippen LogP contribution in [0.4, 0.5) is 0 Å². The van der Waals surface area contributed by atoms with Crippen LogP contribution in [0.25, 0.3) is 0 Å². The Hall–Kier alpha value is -2.00. The minimum atomic E-state index is 0.800. The number of nitrogens with zero attached hydrogens (tertiary/aromatic N) is 1. The molecular formula is C23H31NO2. The number of hydrogen-bond acceptors (Lipinski definition) is 3. The molecule has 2 aromatic rings. The maximum Gasteiger partial charge on any atom is 0.122 e. The second kappa shape index (κ2) is 9.63. The fraction of sp³-hybridized carbons (Fsp3) is 0.478. The van der Waals surface area contributed by atoms with E-state index in [0.717, 1.165) is 43.4 Å². The van der Waals surface area contributed by atoms with Crippen molar-refractivity contribution in [1.29, 1.82) is 0 Å². The minimum Gasteiger partial charge on any atom is -0.496 e. The molecule has 0 saturated carbocycles. The van der Waals surface area contributed by atoms with E-state index in [0.29, 0.717) is 0 Å². The first-order valence-electron chi connectivity index (χ1n) is 9.78. The number of benzene rings is 2. The summed E-state index contributed by atoms with van der Waals surface area (Å²) in [4.78, 5) is 2.60. The van der Waals surface area contributed by atoms with Gasteiger partial charge in [0, 0.05) is 6.54 Å². The zero-order valence-electron chi connectivity index (χ0n) is 16.1. The summed E-state index contributed by atoms with van der Waals surface area (Å²) in [7, 11) is 1.75. The highest BCUT2D eigenvalue weighted by atomic mass is 16.5. The van der Waals surface area contributed by atoms with Crippen molar-refractivity contribution in [2.24, 2.45) is 5.92 Å².